The average Bonchev–Trinajstić information content (AvgIpc) is 3.34. The molecule has 0 aliphatic heterocycles. The predicted molar refractivity (Wildman–Crippen MR) is 110 cm³/mol. The lowest BCUT2D eigenvalue weighted by atomic mass is 10.0. The fourth-order valence-corrected chi connectivity index (χ4v) is 3.10. The van der Waals surface area contributed by atoms with Gasteiger partial charge in [-0.2, -0.15) is 5.26 Å². The maximum atomic E-state index is 11.5. The van der Waals surface area contributed by atoms with E-state index < -0.39 is 4.92 Å². The molecule has 7 nitrogen and oxygen atoms in total. The van der Waals surface area contributed by atoms with Gasteiger partial charge in [0.05, 0.1) is 27.1 Å². The van der Waals surface area contributed by atoms with Crippen molar-refractivity contribution in [2.24, 2.45) is 0 Å². The molecule has 0 unspecified atom stereocenters. The van der Waals surface area contributed by atoms with Crippen molar-refractivity contribution in [3.05, 3.63) is 81.4 Å². The van der Waals surface area contributed by atoms with E-state index in [2.05, 4.69) is 16.0 Å². The molecule has 0 amide bonds. The molecular formula is C22H16N4O3. The molecule has 0 spiro atoms. The molecule has 0 aliphatic rings. The Morgan fingerprint density at radius 3 is 2.69 bits per heavy atom. The number of aromatic nitrogens is 2. The van der Waals surface area contributed by atoms with Gasteiger partial charge in [0.1, 0.15) is 23.4 Å². The van der Waals surface area contributed by atoms with Crippen LogP contribution in [0.25, 0.3) is 34.0 Å². The van der Waals surface area contributed by atoms with Gasteiger partial charge in [-0.15, -0.1) is 0 Å². The second-order valence-electron chi connectivity index (χ2n) is 6.69. The van der Waals surface area contributed by atoms with Gasteiger partial charge in [0.2, 0.25) is 0 Å². The van der Waals surface area contributed by atoms with Crippen molar-refractivity contribution in [1.29, 1.82) is 5.26 Å². The van der Waals surface area contributed by atoms with Crippen LogP contribution >= 0.6 is 0 Å². The number of rotatable bonds is 4. The second kappa shape index (κ2) is 7.09. The molecule has 7 heteroatoms. The van der Waals surface area contributed by atoms with Crippen molar-refractivity contribution in [3.63, 3.8) is 0 Å². The molecule has 4 aromatic rings. The number of benzene rings is 2. The van der Waals surface area contributed by atoms with Gasteiger partial charge < -0.3 is 9.40 Å². The molecule has 29 heavy (non-hydrogen) atoms. The molecule has 0 bridgehead atoms. The van der Waals surface area contributed by atoms with Crippen molar-refractivity contribution in [1.82, 2.24) is 9.97 Å². The molecule has 4 rings (SSSR count). The molecular weight excluding hydrogens is 368 g/mol. The Labute approximate surface area is 166 Å². The number of nitro benzene ring substituents is 1. The van der Waals surface area contributed by atoms with Crippen LogP contribution in [0.3, 0.4) is 0 Å². The number of furan rings is 1. The zero-order chi connectivity index (χ0) is 20.5. The summed E-state index contributed by atoms with van der Waals surface area (Å²) in [5.74, 6) is 1.21. The number of aromatic amines is 1. The van der Waals surface area contributed by atoms with Crippen LogP contribution in [-0.4, -0.2) is 14.9 Å². The molecule has 2 aromatic heterocycles. The number of nitrogens with zero attached hydrogens (tertiary/aromatic N) is 3. The van der Waals surface area contributed by atoms with Crippen LogP contribution in [0, 0.1) is 35.3 Å². The number of H-pyrrole nitrogens is 1. The summed E-state index contributed by atoms with van der Waals surface area (Å²) in [7, 11) is 0. The van der Waals surface area contributed by atoms with E-state index in [1.165, 1.54) is 6.07 Å². The second-order valence-corrected chi connectivity index (χ2v) is 6.69. The average molecular weight is 384 g/mol. The highest BCUT2D eigenvalue weighted by Gasteiger charge is 2.20. The maximum absolute atomic E-state index is 11.5. The number of fused-ring (bicyclic) bond motifs is 1. The number of imidazole rings is 1. The number of allylic oxidation sites excluding steroid dienone is 1. The molecule has 0 aliphatic carbocycles. The minimum absolute atomic E-state index is 0.0178. The van der Waals surface area contributed by atoms with Gasteiger partial charge in [-0.25, -0.2) is 4.98 Å². The highest BCUT2D eigenvalue weighted by atomic mass is 16.6. The zero-order valence-corrected chi connectivity index (χ0v) is 15.8. The van der Waals surface area contributed by atoms with E-state index in [4.69, 9.17) is 4.42 Å². The van der Waals surface area contributed by atoms with Gasteiger partial charge >= 0.3 is 0 Å². The maximum Gasteiger partial charge on any atom is 0.280 e. The monoisotopic (exact) mass is 384 g/mol. The minimum atomic E-state index is -0.422. The van der Waals surface area contributed by atoms with E-state index in [1.807, 2.05) is 38.1 Å². The van der Waals surface area contributed by atoms with E-state index in [1.54, 1.807) is 24.3 Å². The molecule has 142 valence electrons. The Bertz CT molecular complexity index is 1290. The number of hydrogen-bond acceptors (Lipinski definition) is 5. The highest BCUT2D eigenvalue weighted by Crippen LogP contribution is 2.34. The number of hydrogen-bond donors (Lipinski definition) is 1. The van der Waals surface area contributed by atoms with Gasteiger partial charge in [-0.05, 0) is 55.3 Å². The predicted octanol–water partition coefficient (Wildman–Crippen LogP) is 5.41. The number of nitrogens with one attached hydrogen (secondary N) is 1. The summed E-state index contributed by atoms with van der Waals surface area (Å²) in [6.45, 7) is 3.72. The number of aryl methyl sites for hydroxylation is 2. The molecule has 0 atom stereocenters. The summed E-state index contributed by atoms with van der Waals surface area (Å²) in [5, 5.41) is 21.0. The molecule has 0 fully saturated rings. The van der Waals surface area contributed by atoms with Crippen molar-refractivity contribution < 1.29 is 9.34 Å². The van der Waals surface area contributed by atoms with Gasteiger partial charge in [-0.3, -0.25) is 10.1 Å². The van der Waals surface area contributed by atoms with Crippen LogP contribution in [0.1, 0.15) is 22.7 Å². The Morgan fingerprint density at radius 1 is 1.21 bits per heavy atom. The lowest BCUT2D eigenvalue weighted by Crippen LogP contribution is -1.94. The molecule has 2 heterocycles. The fourth-order valence-electron chi connectivity index (χ4n) is 3.10. The van der Waals surface area contributed by atoms with E-state index in [9.17, 15) is 15.4 Å². The third-order valence-electron chi connectivity index (χ3n) is 4.75. The number of nitriles is 1. The van der Waals surface area contributed by atoms with Crippen LogP contribution in [-0.2, 0) is 0 Å². The lowest BCUT2D eigenvalue weighted by Gasteiger charge is -2.04. The molecule has 0 saturated carbocycles. The van der Waals surface area contributed by atoms with Crippen LogP contribution < -0.4 is 0 Å². The first-order chi connectivity index (χ1) is 14.0. The van der Waals surface area contributed by atoms with Crippen molar-refractivity contribution in [2.45, 2.75) is 13.8 Å². The molecule has 2 aromatic carbocycles. The van der Waals surface area contributed by atoms with Gasteiger partial charge in [0, 0.05) is 12.1 Å². The lowest BCUT2D eigenvalue weighted by molar-refractivity contribution is -0.384. The van der Waals surface area contributed by atoms with Crippen LogP contribution in [0.15, 0.2) is 52.9 Å². The number of nitro groups is 1. The largest absolute Gasteiger partial charge is 0.456 e. The normalized spacial score (nSPS) is 11.6. The van der Waals surface area contributed by atoms with Gasteiger partial charge in [0.25, 0.3) is 5.69 Å². The summed E-state index contributed by atoms with van der Waals surface area (Å²) in [6, 6.07) is 16.2. The Kier molecular flexibility index (Phi) is 4.45. The summed E-state index contributed by atoms with van der Waals surface area (Å²) in [6.07, 6.45) is 1.56. The summed E-state index contributed by atoms with van der Waals surface area (Å²) in [4.78, 5) is 18.6. The van der Waals surface area contributed by atoms with E-state index >= 15 is 0 Å². The third kappa shape index (κ3) is 3.39. The summed E-state index contributed by atoms with van der Waals surface area (Å²) >= 11 is 0. The van der Waals surface area contributed by atoms with Crippen molar-refractivity contribution in [2.75, 3.05) is 0 Å². The molecule has 1 N–H and O–H groups in total. The highest BCUT2D eigenvalue weighted by molar-refractivity contribution is 5.89. The quantitative estimate of drug-likeness (QED) is 0.287. The fraction of sp³-hybridized carbons (Fsp3) is 0.0909. The topological polar surface area (TPSA) is 109 Å². The van der Waals surface area contributed by atoms with Crippen LogP contribution in [0.5, 0.6) is 0 Å². The first kappa shape index (κ1) is 18.2. The van der Waals surface area contributed by atoms with Crippen LogP contribution in [0.4, 0.5) is 5.69 Å². The zero-order valence-electron chi connectivity index (χ0n) is 15.8. The summed E-state index contributed by atoms with van der Waals surface area (Å²) < 4.78 is 5.81. The van der Waals surface area contributed by atoms with Crippen LogP contribution in [0.2, 0.25) is 0 Å². The van der Waals surface area contributed by atoms with E-state index in [0.717, 1.165) is 22.2 Å². The van der Waals surface area contributed by atoms with Gasteiger partial charge in [0.15, 0.2) is 0 Å². The number of para-hydroxylation sites is 2. The van der Waals surface area contributed by atoms with Crippen molar-refractivity contribution in [3.8, 4) is 17.4 Å². The van der Waals surface area contributed by atoms with E-state index in [-0.39, 0.29) is 5.69 Å². The van der Waals surface area contributed by atoms with E-state index in [0.29, 0.717) is 28.5 Å². The first-order valence-corrected chi connectivity index (χ1v) is 8.89. The Hall–Kier alpha value is -4.18. The SMILES string of the molecule is Cc1cc(-c2ccc(/C=C(/C#N)c3nc4ccccc4[nH]3)o2)c([N+](=O)[O-])cc1C. The van der Waals surface area contributed by atoms with Gasteiger partial charge in [-0.1, -0.05) is 12.1 Å². The van der Waals surface area contributed by atoms with Crippen molar-refractivity contribution >= 4 is 28.4 Å². The smallest absolute Gasteiger partial charge is 0.280 e. The standard InChI is InChI=1S/C22H16N4O3/c1-13-9-17(20(26(27)28)10-14(13)2)21-8-7-16(29-21)11-15(12-23)22-24-18-5-3-4-6-19(18)25-22/h3-11H,1-2H3,(H,24,25)/b15-11-. The minimum Gasteiger partial charge on any atom is -0.456 e. The third-order valence-corrected chi connectivity index (χ3v) is 4.75. The molecule has 0 saturated heterocycles. The molecule has 0 radical (unpaired) electrons. The Morgan fingerprint density at radius 2 is 1.97 bits per heavy atom. The summed E-state index contributed by atoms with van der Waals surface area (Å²) in [5.41, 5.74) is 4.04. The Balaban J connectivity index is 1.75. The first-order valence-electron chi connectivity index (χ1n) is 8.89.